The third-order valence-electron chi connectivity index (χ3n) is 5.62. The number of carboxylic acids is 1. The molecule has 7 nitrogen and oxygen atoms in total. The van der Waals surface area contributed by atoms with Gasteiger partial charge in [0.15, 0.2) is 0 Å². The number of carboxylic acid groups (broad SMARTS) is 1. The zero-order chi connectivity index (χ0) is 25.4. The van der Waals surface area contributed by atoms with E-state index in [0.717, 1.165) is 52.0 Å². The number of unbranched alkanes of at least 4 members (excludes halogenated alkanes) is 1. The van der Waals surface area contributed by atoms with E-state index < -0.39 is 5.97 Å². The van der Waals surface area contributed by atoms with E-state index in [1.165, 1.54) is 17.4 Å². The molecule has 1 heterocycles. The van der Waals surface area contributed by atoms with Gasteiger partial charge in [-0.2, -0.15) is 0 Å². The van der Waals surface area contributed by atoms with E-state index in [0.29, 0.717) is 25.3 Å². The number of halogens is 1. The maximum absolute atomic E-state index is 14.3. The summed E-state index contributed by atoms with van der Waals surface area (Å²) >= 11 is 1.50. The maximum atomic E-state index is 14.3. The van der Waals surface area contributed by atoms with Gasteiger partial charge in [0.25, 0.3) is 0 Å². The van der Waals surface area contributed by atoms with Crippen LogP contribution in [0.15, 0.2) is 36.4 Å². The molecule has 0 unspecified atom stereocenters. The Hall–Kier alpha value is -3.04. The highest BCUT2D eigenvalue weighted by molar-refractivity contribution is 7.18. The molecule has 3 rings (SSSR count). The molecule has 0 spiro atoms. The Kier molecular flexibility index (Phi) is 9.56. The zero-order valence-corrected chi connectivity index (χ0v) is 21.6. The third kappa shape index (κ3) is 7.47. The highest BCUT2D eigenvalue weighted by atomic mass is 32.1. The maximum Gasteiger partial charge on any atom is 0.317 e. The second-order valence-electron chi connectivity index (χ2n) is 8.68. The lowest BCUT2D eigenvalue weighted by Gasteiger charge is -2.21. The smallest absolute Gasteiger partial charge is 0.317 e. The summed E-state index contributed by atoms with van der Waals surface area (Å²) in [7, 11) is 1.75. The number of likely N-dealkylation sites (N-methyl/N-ethyl adjacent to an activating group) is 1. The van der Waals surface area contributed by atoms with E-state index in [9.17, 15) is 9.18 Å². The highest BCUT2D eigenvalue weighted by Gasteiger charge is 2.17. The molecule has 0 saturated carbocycles. The summed E-state index contributed by atoms with van der Waals surface area (Å²) in [6.45, 7) is 8.22. The van der Waals surface area contributed by atoms with Crippen molar-refractivity contribution in [1.29, 1.82) is 0 Å². The van der Waals surface area contributed by atoms with E-state index >= 15 is 0 Å². The van der Waals surface area contributed by atoms with Crippen molar-refractivity contribution >= 4 is 22.4 Å². The number of ether oxygens (including phenoxy) is 1. The van der Waals surface area contributed by atoms with Gasteiger partial charge in [0.2, 0.25) is 5.13 Å². The number of hydrogen-bond acceptors (Lipinski definition) is 7. The minimum absolute atomic E-state index is 0.0220. The molecule has 1 N–H and O–H groups in total. The minimum Gasteiger partial charge on any atom is -0.492 e. The number of carbonyl (C=O) groups is 1. The van der Waals surface area contributed by atoms with E-state index in [4.69, 9.17) is 9.84 Å². The van der Waals surface area contributed by atoms with Gasteiger partial charge in [-0.25, -0.2) is 4.39 Å². The van der Waals surface area contributed by atoms with Gasteiger partial charge >= 0.3 is 5.97 Å². The Bertz CT molecular complexity index is 1110. The summed E-state index contributed by atoms with van der Waals surface area (Å²) < 4.78 is 20.2. The molecule has 0 radical (unpaired) electrons. The van der Waals surface area contributed by atoms with Crippen LogP contribution >= 0.6 is 11.3 Å². The molecule has 1 aromatic heterocycles. The first kappa shape index (κ1) is 26.6. The van der Waals surface area contributed by atoms with Crippen LogP contribution in [0.1, 0.15) is 36.5 Å². The lowest BCUT2D eigenvalue weighted by Crippen LogP contribution is -2.29. The Labute approximate surface area is 210 Å². The van der Waals surface area contributed by atoms with Crippen molar-refractivity contribution in [2.75, 3.05) is 38.2 Å². The van der Waals surface area contributed by atoms with E-state index in [1.54, 1.807) is 24.1 Å². The van der Waals surface area contributed by atoms with E-state index in [2.05, 4.69) is 22.0 Å². The monoisotopic (exact) mass is 500 g/mol. The summed E-state index contributed by atoms with van der Waals surface area (Å²) in [6, 6.07) is 10.9. The van der Waals surface area contributed by atoms with Crippen LogP contribution in [0.25, 0.3) is 10.6 Å². The summed E-state index contributed by atoms with van der Waals surface area (Å²) in [6.07, 6.45) is 2.01. The first-order valence-corrected chi connectivity index (χ1v) is 12.6. The normalized spacial score (nSPS) is 11.1. The number of anilines is 1. The number of aromatic nitrogens is 2. The highest BCUT2D eigenvalue weighted by Crippen LogP contribution is 2.34. The Morgan fingerprint density at radius 1 is 1.14 bits per heavy atom. The number of nitrogens with zero attached hydrogens (tertiary/aromatic N) is 4. The molecule has 0 fully saturated rings. The van der Waals surface area contributed by atoms with Gasteiger partial charge in [-0.1, -0.05) is 42.9 Å². The summed E-state index contributed by atoms with van der Waals surface area (Å²) in [4.78, 5) is 14.6. The second-order valence-corrected chi connectivity index (χ2v) is 9.63. The number of rotatable bonds is 13. The topological polar surface area (TPSA) is 78.8 Å². The van der Waals surface area contributed by atoms with E-state index in [-0.39, 0.29) is 12.4 Å². The molecule has 188 valence electrons. The molecule has 0 amide bonds. The number of benzene rings is 2. The fourth-order valence-electron chi connectivity index (χ4n) is 3.80. The molecule has 9 heteroatoms. The van der Waals surface area contributed by atoms with Gasteiger partial charge in [-0.15, -0.1) is 10.2 Å². The fourth-order valence-corrected chi connectivity index (χ4v) is 4.66. The molecular weight excluding hydrogens is 467 g/mol. The van der Waals surface area contributed by atoms with Crippen molar-refractivity contribution in [3.05, 3.63) is 58.9 Å². The molecule has 2 aromatic carbocycles. The fraction of sp³-hybridized carbons (Fsp3) is 0.423. The van der Waals surface area contributed by atoms with Crippen LogP contribution in [0.4, 0.5) is 9.52 Å². The Morgan fingerprint density at radius 2 is 1.86 bits per heavy atom. The van der Waals surface area contributed by atoms with Gasteiger partial charge in [-0.3, -0.25) is 9.69 Å². The van der Waals surface area contributed by atoms with Crippen LogP contribution in [-0.4, -0.2) is 59.5 Å². The lowest BCUT2D eigenvalue weighted by molar-refractivity contribution is -0.138. The second kappa shape index (κ2) is 12.6. The molecule has 0 saturated heterocycles. The minimum atomic E-state index is -0.859. The Morgan fingerprint density at radius 3 is 2.51 bits per heavy atom. The molecule has 0 bridgehead atoms. The van der Waals surface area contributed by atoms with E-state index in [1.807, 2.05) is 32.0 Å². The number of aryl methyl sites for hydroxylation is 2. The largest absolute Gasteiger partial charge is 0.492 e. The molecule has 0 aliphatic carbocycles. The quantitative estimate of drug-likeness (QED) is 0.347. The van der Waals surface area contributed by atoms with Crippen LogP contribution < -0.4 is 9.64 Å². The predicted octanol–water partition coefficient (Wildman–Crippen LogP) is 5.16. The van der Waals surface area contributed by atoms with Gasteiger partial charge in [0.1, 0.15) is 23.2 Å². The average Bonchev–Trinajstić information content (AvgIpc) is 3.29. The zero-order valence-electron chi connectivity index (χ0n) is 20.8. The summed E-state index contributed by atoms with van der Waals surface area (Å²) in [5.74, 6) is -0.274. The van der Waals surface area contributed by atoms with Crippen LogP contribution in [0, 0.1) is 19.7 Å². The predicted molar refractivity (Wildman–Crippen MR) is 138 cm³/mol. The Balaban J connectivity index is 1.74. The van der Waals surface area contributed by atoms with Crippen molar-refractivity contribution in [3.63, 3.8) is 0 Å². The number of hydrogen-bond donors (Lipinski definition) is 1. The SMILES string of the molecule is CCCCN(Cc1ccccc1F)c1nnc(-c2cc(C)c(OCCN(C)CC(=O)O)c(C)c2)s1. The molecule has 0 atom stereocenters. The molecule has 0 aliphatic rings. The van der Waals surface area contributed by atoms with Gasteiger partial charge in [0, 0.05) is 30.8 Å². The third-order valence-corrected chi connectivity index (χ3v) is 6.65. The molecule has 3 aromatic rings. The van der Waals surface area contributed by atoms with Crippen molar-refractivity contribution in [3.8, 4) is 16.3 Å². The number of aliphatic carboxylic acids is 1. The summed E-state index contributed by atoms with van der Waals surface area (Å²) in [5.41, 5.74) is 3.56. The van der Waals surface area contributed by atoms with Crippen molar-refractivity contribution in [2.24, 2.45) is 0 Å². The van der Waals surface area contributed by atoms with Gasteiger partial charge in [-0.05, 0) is 56.6 Å². The molecular formula is C26H33FN4O3S. The van der Waals surface area contributed by atoms with Crippen molar-refractivity contribution in [2.45, 2.75) is 40.2 Å². The first-order chi connectivity index (χ1) is 16.8. The van der Waals surface area contributed by atoms with Gasteiger partial charge in [0.05, 0.1) is 6.54 Å². The van der Waals surface area contributed by atoms with Crippen molar-refractivity contribution in [1.82, 2.24) is 15.1 Å². The van der Waals surface area contributed by atoms with Crippen LogP contribution in [-0.2, 0) is 11.3 Å². The van der Waals surface area contributed by atoms with Gasteiger partial charge < -0.3 is 14.7 Å². The summed E-state index contributed by atoms with van der Waals surface area (Å²) in [5, 5.41) is 19.3. The lowest BCUT2D eigenvalue weighted by atomic mass is 10.1. The van der Waals surface area contributed by atoms with Crippen molar-refractivity contribution < 1.29 is 19.0 Å². The molecule has 35 heavy (non-hydrogen) atoms. The standard InChI is InChI=1S/C26H33FN4O3S/c1-5-6-11-31(16-20-9-7-8-10-22(20)27)26-29-28-25(35-26)21-14-18(2)24(19(3)15-21)34-13-12-30(4)17-23(32)33/h7-10,14-15H,5-6,11-13,16-17H2,1-4H3,(H,32,33). The van der Waals surface area contributed by atoms with Crippen LogP contribution in [0.2, 0.25) is 0 Å². The average molecular weight is 501 g/mol. The van der Waals surface area contributed by atoms with Crippen LogP contribution in [0.5, 0.6) is 5.75 Å². The molecule has 0 aliphatic heterocycles. The first-order valence-electron chi connectivity index (χ1n) is 11.7. The van der Waals surface area contributed by atoms with Crippen LogP contribution in [0.3, 0.4) is 0 Å².